The Bertz CT molecular complexity index is 457. The van der Waals surface area contributed by atoms with Gasteiger partial charge in [-0.3, -0.25) is 14.4 Å². The number of aliphatic hydroxyl groups excluding tert-OH is 1. The van der Waals surface area contributed by atoms with E-state index in [1.165, 1.54) is 0 Å². The molecule has 0 radical (unpaired) electrons. The first-order valence-corrected chi connectivity index (χ1v) is 6.63. The molecule has 1 aromatic rings. The molecular weight excluding hydrogens is 263 g/mol. The zero-order valence-electron chi connectivity index (χ0n) is 10.6. The number of rotatable bonds is 3. The molecule has 104 valence electrons. The average molecular weight is 282 g/mol. The van der Waals surface area contributed by atoms with Crippen LogP contribution in [0.4, 0.5) is 11.4 Å². The topological polar surface area (TPSA) is 81.8 Å². The van der Waals surface area contributed by atoms with Crippen molar-refractivity contribution < 1.29 is 9.90 Å². The predicted molar refractivity (Wildman–Crippen MR) is 78.3 cm³/mol. The van der Waals surface area contributed by atoms with E-state index in [9.17, 15) is 9.90 Å². The van der Waals surface area contributed by atoms with Crippen molar-refractivity contribution in [1.29, 1.82) is 0 Å². The summed E-state index contributed by atoms with van der Waals surface area (Å²) in [5.41, 5.74) is 6.96. The van der Waals surface area contributed by atoms with Gasteiger partial charge in [-0.2, -0.15) is 0 Å². The Kier molecular flexibility index (Phi) is 4.71. The maximum Gasteiger partial charge on any atom is 0.238 e. The number of nitrogen functional groups attached to an aromatic ring is 1. The largest absolute Gasteiger partial charge is 0.399 e. The van der Waals surface area contributed by atoms with Crippen molar-refractivity contribution in [2.45, 2.75) is 6.23 Å². The van der Waals surface area contributed by atoms with Gasteiger partial charge in [0.1, 0.15) is 6.23 Å². The number of nitrogens with zero attached hydrogens (tertiary/aromatic N) is 2. The molecule has 0 aliphatic carbocycles. The van der Waals surface area contributed by atoms with E-state index < -0.39 is 6.23 Å². The second-order valence-corrected chi connectivity index (χ2v) is 5.29. The van der Waals surface area contributed by atoms with Gasteiger partial charge in [-0.05, 0) is 18.2 Å². The van der Waals surface area contributed by atoms with Crippen molar-refractivity contribution in [3.05, 3.63) is 24.3 Å². The molecule has 1 aliphatic rings. The van der Waals surface area contributed by atoms with E-state index in [1.54, 1.807) is 28.9 Å². The van der Waals surface area contributed by atoms with Gasteiger partial charge in [0.25, 0.3) is 0 Å². The standard InChI is InChI=1S/C12H19N4O2P/c13-9-2-1-3-10(6-9)14-11(17)7-15-4-5-16(19)12(18)8-15/h1-3,6,12,18H,4-5,7-8,13,19H2,(H,14,17). The first kappa shape index (κ1) is 14.2. The van der Waals surface area contributed by atoms with Crippen LogP contribution in [0.3, 0.4) is 0 Å². The fourth-order valence-electron chi connectivity index (χ4n) is 2.00. The molecule has 2 unspecified atom stereocenters. The zero-order chi connectivity index (χ0) is 13.8. The van der Waals surface area contributed by atoms with Crippen LogP contribution < -0.4 is 11.1 Å². The zero-order valence-corrected chi connectivity index (χ0v) is 11.8. The summed E-state index contributed by atoms with van der Waals surface area (Å²) in [6.45, 7) is 2.21. The molecule has 0 aromatic heterocycles. The molecule has 0 bridgehead atoms. The van der Waals surface area contributed by atoms with Gasteiger partial charge < -0.3 is 16.2 Å². The van der Waals surface area contributed by atoms with Crippen molar-refractivity contribution >= 4 is 26.7 Å². The van der Waals surface area contributed by atoms with Gasteiger partial charge in [-0.1, -0.05) is 15.5 Å². The molecule has 1 fully saturated rings. The van der Waals surface area contributed by atoms with Crippen LogP contribution in [0.5, 0.6) is 0 Å². The van der Waals surface area contributed by atoms with Crippen LogP contribution in [0.15, 0.2) is 24.3 Å². The summed E-state index contributed by atoms with van der Waals surface area (Å²) in [4.78, 5) is 13.8. The van der Waals surface area contributed by atoms with E-state index in [2.05, 4.69) is 14.7 Å². The third-order valence-corrected chi connectivity index (χ3v) is 3.62. The van der Waals surface area contributed by atoms with Crippen molar-refractivity contribution in [2.75, 3.05) is 37.2 Å². The summed E-state index contributed by atoms with van der Waals surface area (Å²) in [6.07, 6.45) is -0.543. The highest BCUT2D eigenvalue weighted by molar-refractivity contribution is 7.13. The van der Waals surface area contributed by atoms with Gasteiger partial charge in [0, 0.05) is 31.0 Å². The summed E-state index contributed by atoms with van der Waals surface area (Å²) >= 11 is 0. The van der Waals surface area contributed by atoms with Crippen LogP contribution in [0.25, 0.3) is 0 Å². The Morgan fingerprint density at radius 3 is 3.00 bits per heavy atom. The SMILES string of the molecule is Nc1cccc(NC(=O)CN2CCN(P)C(O)C2)c1. The molecule has 1 amide bonds. The minimum atomic E-state index is -0.543. The minimum absolute atomic E-state index is 0.102. The molecule has 7 heteroatoms. The quantitative estimate of drug-likeness (QED) is 0.534. The molecule has 2 rings (SSSR count). The number of amides is 1. The number of hydrogen-bond acceptors (Lipinski definition) is 5. The van der Waals surface area contributed by atoms with Crippen LogP contribution in [-0.4, -0.2) is 53.0 Å². The Morgan fingerprint density at radius 1 is 1.53 bits per heavy atom. The molecule has 1 aliphatic heterocycles. The molecule has 1 heterocycles. The maximum absolute atomic E-state index is 11.9. The van der Waals surface area contributed by atoms with Gasteiger partial charge >= 0.3 is 0 Å². The minimum Gasteiger partial charge on any atom is -0.399 e. The number of aliphatic hydroxyl groups is 1. The van der Waals surface area contributed by atoms with Crippen molar-refractivity contribution in [1.82, 2.24) is 9.57 Å². The van der Waals surface area contributed by atoms with Gasteiger partial charge in [-0.15, -0.1) is 0 Å². The number of anilines is 2. The predicted octanol–water partition coefficient (Wildman–Crippen LogP) is -0.0666. The fraction of sp³-hybridized carbons (Fsp3) is 0.417. The number of piperazine rings is 1. The lowest BCUT2D eigenvalue weighted by molar-refractivity contribution is -0.118. The third-order valence-electron chi connectivity index (χ3n) is 3.02. The van der Waals surface area contributed by atoms with Gasteiger partial charge in [0.05, 0.1) is 6.54 Å². The van der Waals surface area contributed by atoms with Crippen LogP contribution in [0.1, 0.15) is 0 Å². The molecule has 1 saturated heterocycles. The van der Waals surface area contributed by atoms with E-state index in [1.807, 2.05) is 4.90 Å². The van der Waals surface area contributed by atoms with E-state index in [4.69, 9.17) is 5.73 Å². The number of nitrogens with two attached hydrogens (primary N) is 1. The Balaban J connectivity index is 1.85. The van der Waals surface area contributed by atoms with E-state index in [0.29, 0.717) is 17.9 Å². The van der Waals surface area contributed by atoms with E-state index in [-0.39, 0.29) is 12.5 Å². The monoisotopic (exact) mass is 282 g/mol. The highest BCUT2D eigenvalue weighted by atomic mass is 31.0. The molecule has 0 saturated carbocycles. The molecule has 1 aromatic carbocycles. The van der Waals surface area contributed by atoms with E-state index >= 15 is 0 Å². The summed E-state index contributed by atoms with van der Waals surface area (Å²) in [5, 5.41) is 12.5. The van der Waals surface area contributed by atoms with Gasteiger partial charge in [0.2, 0.25) is 5.91 Å². The molecule has 4 N–H and O–H groups in total. The Hall–Kier alpha value is -1.20. The van der Waals surface area contributed by atoms with Crippen LogP contribution in [0.2, 0.25) is 0 Å². The number of carbonyl (C=O) groups excluding carboxylic acids is 1. The van der Waals surface area contributed by atoms with Crippen LogP contribution >= 0.6 is 9.39 Å². The summed E-state index contributed by atoms with van der Waals surface area (Å²) in [7, 11) is 2.48. The fourth-order valence-corrected chi connectivity index (χ4v) is 2.21. The lowest BCUT2D eigenvalue weighted by Crippen LogP contribution is -2.50. The molecule has 19 heavy (non-hydrogen) atoms. The van der Waals surface area contributed by atoms with Crippen LogP contribution in [-0.2, 0) is 4.79 Å². The number of carbonyl (C=O) groups is 1. The summed E-state index contributed by atoms with van der Waals surface area (Å²) in [6, 6.07) is 7.07. The number of benzene rings is 1. The van der Waals surface area contributed by atoms with Crippen LogP contribution in [0, 0.1) is 0 Å². The first-order chi connectivity index (χ1) is 9.04. The normalized spacial score (nSPS) is 21.3. The average Bonchev–Trinajstić information content (AvgIpc) is 2.34. The molecular formula is C12H19N4O2P. The lowest BCUT2D eigenvalue weighted by atomic mass is 10.2. The third kappa shape index (κ3) is 4.14. The van der Waals surface area contributed by atoms with Gasteiger partial charge in [0.15, 0.2) is 0 Å². The van der Waals surface area contributed by atoms with E-state index in [0.717, 1.165) is 13.1 Å². The Labute approximate surface area is 114 Å². The summed E-state index contributed by atoms with van der Waals surface area (Å²) in [5.74, 6) is -0.102. The van der Waals surface area contributed by atoms with Crippen molar-refractivity contribution in [3.63, 3.8) is 0 Å². The summed E-state index contributed by atoms with van der Waals surface area (Å²) < 4.78 is 1.78. The number of hydrogen-bond donors (Lipinski definition) is 3. The highest BCUT2D eigenvalue weighted by Crippen LogP contribution is 2.13. The van der Waals surface area contributed by atoms with Gasteiger partial charge in [-0.25, -0.2) is 0 Å². The molecule has 2 atom stereocenters. The second-order valence-electron chi connectivity index (χ2n) is 4.63. The van der Waals surface area contributed by atoms with Crippen molar-refractivity contribution in [2.24, 2.45) is 0 Å². The maximum atomic E-state index is 11.9. The lowest BCUT2D eigenvalue weighted by Gasteiger charge is -2.35. The second kappa shape index (κ2) is 6.30. The molecule has 6 nitrogen and oxygen atoms in total. The highest BCUT2D eigenvalue weighted by Gasteiger charge is 2.23. The molecule has 0 spiro atoms. The smallest absolute Gasteiger partial charge is 0.238 e. The Morgan fingerprint density at radius 2 is 2.32 bits per heavy atom. The number of β-amino-alcohol motifs (C(OH)–C–C–N with tert-alkyl or cyclic N) is 1. The first-order valence-electron chi connectivity index (χ1n) is 6.12. The van der Waals surface area contributed by atoms with Crippen molar-refractivity contribution in [3.8, 4) is 0 Å². The number of nitrogens with one attached hydrogen (secondary N) is 1.